The van der Waals surface area contributed by atoms with E-state index in [2.05, 4.69) is 15.3 Å². The van der Waals surface area contributed by atoms with E-state index in [0.717, 1.165) is 32.4 Å². The van der Waals surface area contributed by atoms with Gasteiger partial charge in [-0.1, -0.05) is 6.92 Å². The standard InChI is InChI=1S/C14H23N5O2/c1-3-8-21-13-11(15)12(16-9-17-13)18-10(2)14(20)19-6-4-5-7-19/h9-10H,3-8,15H2,1-2H3,(H,16,17,18). The van der Waals surface area contributed by atoms with E-state index in [1.165, 1.54) is 6.33 Å². The number of carbonyl (C=O) groups is 1. The Bertz CT molecular complexity index is 488. The van der Waals surface area contributed by atoms with Crippen molar-refractivity contribution in [3.05, 3.63) is 6.33 Å². The molecule has 1 amide bonds. The second-order valence-corrected chi connectivity index (χ2v) is 5.19. The van der Waals surface area contributed by atoms with Gasteiger partial charge in [0.2, 0.25) is 11.8 Å². The van der Waals surface area contributed by atoms with Crippen LogP contribution in [0.5, 0.6) is 5.88 Å². The van der Waals surface area contributed by atoms with Gasteiger partial charge in [0.15, 0.2) is 5.82 Å². The quantitative estimate of drug-likeness (QED) is 0.820. The molecule has 1 aliphatic heterocycles. The molecular weight excluding hydrogens is 270 g/mol. The number of ether oxygens (including phenoxy) is 1. The molecule has 0 bridgehead atoms. The lowest BCUT2D eigenvalue weighted by molar-refractivity contribution is -0.130. The summed E-state index contributed by atoms with van der Waals surface area (Å²) in [5.41, 5.74) is 6.33. The summed E-state index contributed by atoms with van der Waals surface area (Å²) in [4.78, 5) is 22.2. The van der Waals surface area contributed by atoms with Gasteiger partial charge in [-0.3, -0.25) is 4.79 Å². The minimum absolute atomic E-state index is 0.0709. The van der Waals surface area contributed by atoms with Crippen LogP contribution in [0.2, 0.25) is 0 Å². The highest BCUT2D eigenvalue weighted by Gasteiger charge is 2.24. The number of aromatic nitrogens is 2. The Balaban J connectivity index is 2.02. The maximum absolute atomic E-state index is 12.3. The Morgan fingerprint density at radius 2 is 2.19 bits per heavy atom. The van der Waals surface area contributed by atoms with Gasteiger partial charge in [-0.2, -0.15) is 4.98 Å². The number of carbonyl (C=O) groups excluding carboxylic acids is 1. The fourth-order valence-corrected chi connectivity index (χ4v) is 2.29. The minimum atomic E-state index is -0.376. The van der Waals surface area contributed by atoms with Crippen LogP contribution in [0.3, 0.4) is 0 Å². The van der Waals surface area contributed by atoms with Crippen LogP contribution in [0.1, 0.15) is 33.1 Å². The molecule has 7 nitrogen and oxygen atoms in total. The van der Waals surface area contributed by atoms with Gasteiger partial charge in [0.25, 0.3) is 0 Å². The molecule has 0 saturated carbocycles. The SMILES string of the molecule is CCCOc1ncnc(NC(C)C(=O)N2CCCC2)c1N. The predicted octanol–water partition coefficient (Wildman–Crippen LogP) is 1.27. The van der Waals surface area contributed by atoms with E-state index < -0.39 is 0 Å². The number of nitrogens with zero attached hydrogens (tertiary/aromatic N) is 3. The summed E-state index contributed by atoms with van der Waals surface area (Å²) in [5.74, 6) is 0.868. The summed E-state index contributed by atoms with van der Waals surface area (Å²) in [6.07, 6.45) is 4.40. The van der Waals surface area contributed by atoms with Crippen LogP contribution in [0.15, 0.2) is 6.33 Å². The molecule has 2 rings (SSSR count). The second-order valence-electron chi connectivity index (χ2n) is 5.19. The van der Waals surface area contributed by atoms with Crippen molar-refractivity contribution in [1.29, 1.82) is 0 Å². The topological polar surface area (TPSA) is 93.4 Å². The van der Waals surface area contributed by atoms with Gasteiger partial charge in [-0.05, 0) is 26.2 Å². The summed E-state index contributed by atoms with van der Waals surface area (Å²) < 4.78 is 5.46. The number of amides is 1. The summed E-state index contributed by atoms with van der Waals surface area (Å²) in [5, 5.41) is 3.06. The largest absolute Gasteiger partial charge is 0.476 e. The summed E-state index contributed by atoms with van der Waals surface area (Å²) in [6, 6.07) is -0.376. The van der Waals surface area contributed by atoms with E-state index >= 15 is 0 Å². The zero-order valence-corrected chi connectivity index (χ0v) is 12.6. The molecule has 1 aromatic rings. The maximum atomic E-state index is 12.3. The van der Waals surface area contributed by atoms with Gasteiger partial charge < -0.3 is 20.7 Å². The smallest absolute Gasteiger partial charge is 0.244 e. The Morgan fingerprint density at radius 1 is 1.48 bits per heavy atom. The molecule has 0 radical (unpaired) electrons. The number of nitrogens with one attached hydrogen (secondary N) is 1. The number of rotatable bonds is 6. The zero-order valence-electron chi connectivity index (χ0n) is 12.6. The van der Waals surface area contributed by atoms with E-state index in [4.69, 9.17) is 10.5 Å². The lowest BCUT2D eigenvalue weighted by Gasteiger charge is -2.22. The van der Waals surface area contributed by atoms with Crippen LogP contribution in [0.4, 0.5) is 11.5 Å². The van der Waals surface area contributed by atoms with Crippen LogP contribution in [0, 0.1) is 0 Å². The number of nitrogens with two attached hydrogens (primary N) is 1. The highest BCUT2D eigenvalue weighted by atomic mass is 16.5. The predicted molar refractivity (Wildman–Crippen MR) is 81.1 cm³/mol. The van der Waals surface area contributed by atoms with Crippen molar-refractivity contribution in [2.75, 3.05) is 30.7 Å². The Kier molecular flexibility index (Phi) is 5.19. The molecule has 1 saturated heterocycles. The molecule has 2 heterocycles. The molecule has 0 aliphatic carbocycles. The molecule has 1 unspecified atom stereocenters. The fourth-order valence-electron chi connectivity index (χ4n) is 2.29. The lowest BCUT2D eigenvalue weighted by Crippen LogP contribution is -2.39. The third kappa shape index (κ3) is 3.74. The molecule has 7 heteroatoms. The van der Waals surface area contributed by atoms with Gasteiger partial charge in [-0.25, -0.2) is 4.98 Å². The molecule has 3 N–H and O–H groups in total. The van der Waals surface area contributed by atoms with Crippen molar-refractivity contribution < 1.29 is 9.53 Å². The Labute approximate surface area is 124 Å². The first-order valence-electron chi connectivity index (χ1n) is 7.42. The van der Waals surface area contributed by atoms with E-state index in [-0.39, 0.29) is 11.9 Å². The average Bonchev–Trinajstić information content (AvgIpc) is 3.01. The fraction of sp³-hybridized carbons (Fsp3) is 0.643. The molecule has 0 spiro atoms. The van der Waals surface area contributed by atoms with E-state index in [0.29, 0.717) is 24.0 Å². The number of anilines is 2. The van der Waals surface area contributed by atoms with Gasteiger partial charge in [-0.15, -0.1) is 0 Å². The third-order valence-electron chi connectivity index (χ3n) is 3.43. The molecule has 1 atom stereocenters. The third-order valence-corrected chi connectivity index (χ3v) is 3.43. The van der Waals surface area contributed by atoms with E-state index in [1.807, 2.05) is 18.7 Å². The van der Waals surface area contributed by atoms with Crippen molar-refractivity contribution in [1.82, 2.24) is 14.9 Å². The van der Waals surface area contributed by atoms with Crippen molar-refractivity contribution in [2.24, 2.45) is 0 Å². The van der Waals surface area contributed by atoms with Crippen LogP contribution < -0.4 is 15.8 Å². The summed E-state index contributed by atoms with van der Waals surface area (Å²) in [6.45, 7) is 6.02. The maximum Gasteiger partial charge on any atom is 0.244 e. The number of nitrogen functional groups attached to an aromatic ring is 1. The Hall–Kier alpha value is -2.05. The summed E-state index contributed by atoms with van der Waals surface area (Å²) >= 11 is 0. The molecule has 1 aromatic heterocycles. The molecule has 0 aromatic carbocycles. The van der Waals surface area contributed by atoms with Crippen molar-refractivity contribution in [3.63, 3.8) is 0 Å². The van der Waals surface area contributed by atoms with Gasteiger partial charge in [0.05, 0.1) is 6.61 Å². The first-order valence-corrected chi connectivity index (χ1v) is 7.42. The van der Waals surface area contributed by atoms with Crippen molar-refractivity contribution in [2.45, 2.75) is 39.2 Å². The first-order chi connectivity index (χ1) is 10.1. The molecular formula is C14H23N5O2. The van der Waals surface area contributed by atoms with Gasteiger partial charge in [0, 0.05) is 13.1 Å². The normalized spacial score (nSPS) is 15.8. The number of hydrogen-bond acceptors (Lipinski definition) is 6. The second kappa shape index (κ2) is 7.10. The first kappa shape index (κ1) is 15.3. The summed E-state index contributed by atoms with van der Waals surface area (Å²) in [7, 11) is 0. The van der Waals surface area contributed by atoms with Crippen LogP contribution in [-0.2, 0) is 4.79 Å². The lowest BCUT2D eigenvalue weighted by atomic mass is 10.3. The average molecular weight is 293 g/mol. The number of hydrogen-bond donors (Lipinski definition) is 2. The van der Waals surface area contributed by atoms with Gasteiger partial charge in [0.1, 0.15) is 18.1 Å². The highest BCUT2D eigenvalue weighted by Crippen LogP contribution is 2.25. The minimum Gasteiger partial charge on any atom is -0.476 e. The van der Waals surface area contributed by atoms with Crippen molar-refractivity contribution >= 4 is 17.4 Å². The zero-order chi connectivity index (χ0) is 15.2. The van der Waals surface area contributed by atoms with Crippen LogP contribution in [-0.4, -0.2) is 46.5 Å². The molecule has 21 heavy (non-hydrogen) atoms. The molecule has 116 valence electrons. The molecule has 1 fully saturated rings. The monoisotopic (exact) mass is 293 g/mol. The van der Waals surface area contributed by atoms with Gasteiger partial charge >= 0.3 is 0 Å². The highest BCUT2D eigenvalue weighted by molar-refractivity contribution is 5.85. The number of likely N-dealkylation sites (tertiary alicyclic amines) is 1. The molecule has 1 aliphatic rings. The van der Waals surface area contributed by atoms with Crippen LogP contribution in [0.25, 0.3) is 0 Å². The van der Waals surface area contributed by atoms with Crippen LogP contribution >= 0.6 is 0 Å². The van der Waals surface area contributed by atoms with E-state index in [9.17, 15) is 4.79 Å². The van der Waals surface area contributed by atoms with E-state index in [1.54, 1.807) is 0 Å². The van der Waals surface area contributed by atoms with Crippen molar-refractivity contribution in [3.8, 4) is 5.88 Å². The Morgan fingerprint density at radius 3 is 2.86 bits per heavy atom.